The van der Waals surface area contributed by atoms with Gasteiger partial charge in [0.25, 0.3) is 5.91 Å². The number of hydrogen-bond donors (Lipinski definition) is 0. The van der Waals surface area contributed by atoms with Crippen LogP contribution in [0.4, 0.5) is 0 Å². The fourth-order valence-electron chi connectivity index (χ4n) is 3.56. The molecule has 2 heterocycles. The lowest BCUT2D eigenvalue weighted by molar-refractivity contribution is -0.122. The molecule has 1 atom stereocenters. The minimum atomic E-state index is 0.00343. The number of carbonyl (C=O) groups excluding carboxylic acids is 1. The van der Waals surface area contributed by atoms with Crippen LogP contribution >= 0.6 is 24.0 Å². The van der Waals surface area contributed by atoms with Crippen LogP contribution in [0.3, 0.4) is 0 Å². The van der Waals surface area contributed by atoms with E-state index in [0.717, 1.165) is 29.7 Å². The Morgan fingerprint density at radius 2 is 2.07 bits per heavy atom. The summed E-state index contributed by atoms with van der Waals surface area (Å²) in [7, 11) is 0. The number of hydrogen-bond acceptors (Lipinski definition) is 4. The fourth-order valence-corrected chi connectivity index (χ4v) is 4.87. The van der Waals surface area contributed by atoms with Crippen molar-refractivity contribution < 1.29 is 9.53 Å². The van der Waals surface area contributed by atoms with E-state index in [0.29, 0.717) is 15.8 Å². The number of aryl methyl sites for hydroxylation is 1. The van der Waals surface area contributed by atoms with E-state index in [1.807, 2.05) is 24.3 Å². The zero-order valence-electron chi connectivity index (χ0n) is 15.4. The Morgan fingerprint density at radius 3 is 2.85 bits per heavy atom. The highest BCUT2D eigenvalue weighted by Crippen LogP contribution is 2.36. The monoisotopic (exact) mass is 395 g/mol. The smallest absolute Gasteiger partial charge is 0.266 e. The lowest BCUT2D eigenvalue weighted by Gasteiger charge is -2.14. The molecule has 5 heteroatoms. The average molecular weight is 396 g/mol. The molecule has 2 aliphatic heterocycles. The summed E-state index contributed by atoms with van der Waals surface area (Å²) in [6, 6.07) is 14.4. The molecule has 27 heavy (non-hydrogen) atoms. The summed E-state index contributed by atoms with van der Waals surface area (Å²) in [5.41, 5.74) is 4.57. The van der Waals surface area contributed by atoms with E-state index in [9.17, 15) is 4.79 Å². The lowest BCUT2D eigenvalue weighted by atomic mass is 10.0. The van der Waals surface area contributed by atoms with Crippen LogP contribution in [0.1, 0.15) is 29.2 Å². The number of nitrogens with zero attached hydrogens (tertiary/aromatic N) is 1. The SMILES string of the molecule is Cc1cc(/C=C2\SC(=S)N(CCc3ccccc3)C2=O)cc2c1O[C@@H](C)C2. The van der Waals surface area contributed by atoms with Gasteiger partial charge in [0.1, 0.15) is 16.2 Å². The van der Waals surface area contributed by atoms with Crippen molar-refractivity contribution in [2.24, 2.45) is 0 Å². The molecule has 3 nitrogen and oxygen atoms in total. The molecule has 0 bridgehead atoms. The van der Waals surface area contributed by atoms with Gasteiger partial charge in [-0.2, -0.15) is 0 Å². The highest BCUT2D eigenvalue weighted by molar-refractivity contribution is 8.26. The second-order valence-electron chi connectivity index (χ2n) is 7.03. The molecular formula is C22H21NO2S2. The predicted octanol–water partition coefficient (Wildman–Crippen LogP) is 4.76. The lowest BCUT2D eigenvalue weighted by Crippen LogP contribution is -2.30. The number of amides is 1. The van der Waals surface area contributed by atoms with Gasteiger partial charge in [-0.15, -0.1) is 0 Å². The third-order valence-corrected chi connectivity index (χ3v) is 6.22. The molecule has 0 unspecified atom stereocenters. The number of thioether (sulfide) groups is 1. The summed E-state index contributed by atoms with van der Waals surface area (Å²) in [5, 5.41) is 0. The third kappa shape index (κ3) is 3.80. The molecule has 2 aromatic rings. The van der Waals surface area contributed by atoms with Crippen molar-refractivity contribution in [3.8, 4) is 5.75 Å². The highest BCUT2D eigenvalue weighted by Gasteiger charge is 2.32. The summed E-state index contributed by atoms with van der Waals surface area (Å²) < 4.78 is 6.51. The Hall–Kier alpha value is -2.11. The Balaban J connectivity index is 1.52. The van der Waals surface area contributed by atoms with Gasteiger partial charge in [-0.25, -0.2) is 0 Å². The topological polar surface area (TPSA) is 29.5 Å². The van der Waals surface area contributed by atoms with Gasteiger partial charge in [0.2, 0.25) is 0 Å². The van der Waals surface area contributed by atoms with Crippen molar-refractivity contribution in [3.63, 3.8) is 0 Å². The summed E-state index contributed by atoms with van der Waals surface area (Å²) in [6.45, 7) is 4.75. The molecule has 1 fully saturated rings. The maximum Gasteiger partial charge on any atom is 0.266 e. The molecule has 1 saturated heterocycles. The van der Waals surface area contributed by atoms with Gasteiger partial charge in [0, 0.05) is 13.0 Å². The van der Waals surface area contributed by atoms with Crippen molar-refractivity contribution in [1.29, 1.82) is 0 Å². The molecule has 2 aliphatic rings. The van der Waals surface area contributed by atoms with Crippen molar-refractivity contribution in [2.45, 2.75) is 32.8 Å². The molecule has 138 valence electrons. The van der Waals surface area contributed by atoms with Crippen LogP contribution in [-0.4, -0.2) is 27.8 Å². The van der Waals surface area contributed by atoms with E-state index in [-0.39, 0.29) is 12.0 Å². The first-order valence-electron chi connectivity index (χ1n) is 9.11. The Bertz CT molecular complexity index is 937. The number of thiocarbonyl (C=S) groups is 1. The first-order valence-corrected chi connectivity index (χ1v) is 10.3. The minimum Gasteiger partial charge on any atom is -0.490 e. The second kappa shape index (κ2) is 7.49. The maximum absolute atomic E-state index is 12.8. The first-order chi connectivity index (χ1) is 13.0. The quantitative estimate of drug-likeness (QED) is 0.551. The van der Waals surface area contributed by atoms with Crippen molar-refractivity contribution in [3.05, 3.63) is 69.6 Å². The van der Waals surface area contributed by atoms with Gasteiger partial charge in [-0.3, -0.25) is 9.69 Å². The summed E-state index contributed by atoms with van der Waals surface area (Å²) in [5.74, 6) is 0.999. The van der Waals surface area contributed by atoms with Crippen LogP contribution in [0.15, 0.2) is 47.4 Å². The summed E-state index contributed by atoms with van der Waals surface area (Å²) in [4.78, 5) is 15.2. The van der Waals surface area contributed by atoms with Crippen molar-refractivity contribution >= 4 is 40.3 Å². The Kier molecular flexibility index (Phi) is 5.06. The number of rotatable bonds is 4. The molecular weight excluding hydrogens is 374 g/mol. The molecule has 1 amide bonds. The number of ether oxygens (including phenoxy) is 1. The zero-order valence-corrected chi connectivity index (χ0v) is 17.0. The van der Waals surface area contributed by atoms with Crippen LogP contribution in [0.5, 0.6) is 5.75 Å². The molecule has 0 aliphatic carbocycles. The molecule has 2 aromatic carbocycles. The molecule has 0 spiro atoms. The van der Waals surface area contributed by atoms with Crippen LogP contribution in [0.2, 0.25) is 0 Å². The minimum absolute atomic E-state index is 0.00343. The second-order valence-corrected chi connectivity index (χ2v) is 8.70. The standard InChI is InChI=1S/C22H21NO2S2/c1-14-10-17(12-18-11-15(2)25-20(14)18)13-19-21(24)23(22(26)27-19)9-8-16-6-4-3-5-7-16/h3-7,10,12-13,15H,8-9,11H2,1-2H3/b19-13-/t15-/m0/s1. The van der Waals surface area contributed by atoms with Gasteiger partial charge in [0.15, 0.2) is 0 Å². The maximum atomic E-state index is 12.8. The van der Waals surface area contributed by atoms with E-state index in [2.05, 4.69) is 38.1 Å². The van der Waals surface area contributed by atoms with Gasteiger partial charge < -0.3 is 4.74 Å². The normalized spacial score (nSPS) is 20.3. The van der Waals surface area contributed by atoms with Gasteiger partial charge >= 0.3 is 0 Å². The van der Waals surface area contributed by atoms with Gasteiger partial charge in [-0.1, -0.05) is 54.3 Å². The van der Waals surface area contributed by atoms with Crippen LogP contribution in [0, 0.1) is 6.92 Å². The Morgan fingerprint density at radius 1 is 1.30 bits per heavy atom. The zero-order chi connectivity index (χ0) is 19.0. The van der Waals surface area contributed by atoms with E-state index in [1.165, 1.54) is 22.9 Å². The van der Waals surface area contributed by atoms with E-state index in [1.54, 1.807) is 4.90 Å². The first kappa shape index (κ1) is 18.3. The number of fused-ring (bicyclic) bond motifs is 1. The third-order valence-electron chi connectivity index (χ3n) is 4.84. The van der Waals surface area contributed by atoms with Crippen molar-refractivity contribution in [1.82, 2.24) is 4.90 Å². The molecule has 0 radical (unpaired) electrons. The van der Waals surface area contributed by atoms with E-state index in [4.69, 9.17) is 17.0 Å². The molecule has 0 aromatic heterocycles. The summed E-state index contributed by atoms with van der Waals surface area (Å²) in [6.07, 6.45) is 3.88. The largest absolute Gasteiger partial charge is 0.490 e. The van der Waals surface area contributed by atoms with E-state index >= 15 is 0 Å². The Labute approximate surface area is 169 Å². The van der Waals surface area contributed by atoms with Crippen molar-refractivity contribution in [2.75, 3.05) is 6.54 Å². The number of benzene rings is 2. The predicted molar refractivity (Wildman–Crippen MR) is 115 cm³/mol. The molecule has 4 rings (SSSR count). The average Bonchev–Trinajstić information content (AvgIpc) is 3.14. The van der Waals surface area contributed by atoms with Crippen LogP contribution in [0.25, 0.3) is 6.08 Å². The van der Waals surface area contributed by atoms with Crippen LogP contribution in [-0.2, 0) is 17.6 Å². The fraction of sp³-hybridized carbons (Fsp3) is 0.273. The van der Waals surface area contributed by atoms with Gasteiger partial charge in [0.05, 0.1) is 4.91 Å². The molecule has 0 N–H and O–H groups in total. The summed E-state index contributed by atoms with van der Waals surface area (Å²) >= 11 is 6.84. The van der Waals surface area contributed by atoms with Gasteiger partial charge in [-0.05, 0) is 60.7 Å². The van der Waals surface area contributed by atoms with E-state index < -0.39 is 0 Å². The molecule has 0 saturated carbocycles. The van der Waals surface area contributed by atoms with Crippen LogP contribution < -0.4 is 4.74 Å². The highest BCUT2D eigenvalue weighted by atomic mass is 32.2. The number of carbonyl (C=O) groups is 1.